The number of methoxy groups -OCH3 is 1. The highest BCUT2D eigenvalue weighted by molar-refractivity contribution is 7.90. The maximum absolute atomic E-state index is 13.7. The first-order valence-electron chi connectivity index (χ1n) is 11.1. The Morgan fingerprint density at radius 1 is 1.12 bits per heavy atom. The Bertz CT molecular complexity index is 1320. The highest BCUT2D eigenvalue weighted by Gasteiger charge is 2.28. The van der Waals surface area contributed by atoms with Crippen molar-refractivity contribution in [2.45, 2.75) is 38.8 Å². The molecule has 1 atom stereocenters. The van der Waals surface area contributed by atoms with E-state index in [1.54, 1.807) is 52.6 Å². The third kappa shape index (κ3) is 4.92. The van der Waals surface area contributed by atoms with Gasteiger partial charge in [-0.25, -0.2) is 13.2 Å². The molecule has 0 unspecified atom stereocenters. The van der Waals surface area contributed by atoms with Crippen molar-refractivity contribution in [3.05, 3.63) is 57.5 Å². The van der Waals surface area contributed by atoms with E-state index >= 15 is 0 Å². The molecule has 7 nitrogen and oxygen atoms in total. The molecule has 0 spiro atoms. The smallest absolute Gasteiger partial charge is 0.329 e. The second-order valence-electron chi connectivity index (χ2n) is 8.64. The lowest BCUT2D eigenvalue weighted by Crippen LogP contribution is -2.33. The minimum atomic E-state index is -3.43. The average Bonchev–Trinajstić information content (AvgIpc) is 2.99. The van der Waals surface area contributed by atoms with Crippen LogP contribution in [0, 0.1) is 5.92 Å². The highest BCUT2D eigenvalue weighted by Crippen LogP contribution is 2.34. The summed E-state index contributed by atoms with van der Waals surface area (Å²) in [6.07, 6.45) is 4.52. The lowest BCUT2D eigenvalue weighted by atomic mass is 9.85. The molecule has 1 aliphatic rings. The SMILES string of the molecule is CCOc1cc([C@@H](CS(C)(=O)=O)n2c(=O)n(CC3CCC3)c3cc(Cl)ccc32)ccc1OC. The van der Waals surface area contributed by atoms with Gasteiger partial charge in [-0.2, -0.15) is 0 Å². The van der Waals surface area contributed by atoms with Gasteiger partial charge in [0.1, 0.15) is 9.84 Å². The third-order valence-electron chi connectivity index (χ3n) is 6.23. The first kappa shape index (κ1) is 23.7. The van der Waals surface area contributed by atoms with Crippen LogP contribution in [-0.4, -0.2) is 43.3 Å². The number of imidazole rings is 1. The minimum Gasteiger partial charge on any atom is -0.493 e. The second kappa shape index (κ2) is 9.43. The fourth-order valence-electron chi connectivity index (χ4n) is 4.44. The monoisotopic (exact) mass is 492 g/mol. The predicted octanol–water partition coefficient (Wildman–Crippen LogP) is 4.30. The summed E-state index contributed by atoms with van der Waals surface area (Å²) < 4.78 is 39.4. The summed E-state index contributed by atoms with van der Waals surface area (Å²) in [4.78, 5) is 13.7. The Labute approximate surface area is 198 Å². The van der Waals surface area contributed by atoms with Crippen LogP contribution in [0.25, 0.3) is 11.0 Å². The predicted molar refractivity (Wildman–Crippen MR) is 131 cm³/mol. The number of fused-ring (bicyclic) bond motifs is 1. The maximum Gasteiger partial charge on any atom is 0.329 e. The van der Waals surface area contributed by atoms with Gasteiger partial charge in [-0.15, -0.1) is 0 Å². The fraction of sp³-hybridized carbons (Fsp3) is 0.458. The molecule has 3 aromatic rings. The van der Waals surface area contributed by atoms with Gasteiger partial charge in [0, 0.05) is 17.8 Å². The van der Waals surface area contributed by atoms with Crippen molar-refractivity contribution in [1.82, 2.24) is 9.13 Å². The molecule has 9 heteroatoms. The summed E-state index contributed by atoms with van der Waals surface area (Å²) in [5, 5.41) is 0.532. The lowest BCUT2D eigenvalue weighted by molar-refractivity contribution is 0.275. The van der Waals surface area contributed by atoms with Crippen LogP contribution >= 0.6 is 11.6 Å². The second-order valence-corrected chi connectivity index (χ2v) is 11.3. The number of halogens is 1. The maximum atomic E-state index is 13.7. The molecule has 1 heterocycles. The average molecular weight is 493 g/mol. The van der Waals surface area contributed by atoms with Crippen molar-refractivity contribution in [1.29, 1.82) is 0 Å². The van der Waals surface area contributed by atoms with Crippen LogP contribution in [0.5, 0.6) is 11.5 Å². The molecule has 2 aromatic carbocycles. The molecule has 1 saturated carbocycles. The van der Waals surface area contributed by atoms with Crippen molar-refractivity contribution in [2.75, 3.05) is 25.7 Å². The van der Waals surface area contributed by atoms with Gasteiger partial charge >= 0.3 is 5.69 Å². The Hall–Kier alpha value is -2.45. The molecule has 33 heavy (non-hydrogen) atoms. The first-order chi connectivity index (χ1) is 15.7. The summed E-state index contributed by atoms with van der Waals surface area (Å²) >= 11 is 6.28. The molecule has 1 fully saturated rings. The van der Waals surface area contributed by atoms with E-state index < -0.39 is 15.9 Å². The van der Waals surface area contributed by atoms with Gasteiger partial charge in [-0.05, 0) is 61.6 Å². The van der Waals surface area contributed by atoms with Crippen LogP contribution in [0.4, 0.5) is 0 Å². The van der Waals surface area contributed by atoms with Crippen molar-refractivity contribution >= 4 is 32.5 Å². The molecule has 1 aliphatic carbocycles. The third-order valence-corrected chi connectivity index (χ3v) is 7.39. The summed E-state index contributed by atoms with van der Waals surface area (Å²) in [5.41, 5.74) is 1.80. The zero-order valence-corrected chi connectivity index (χ0v) is 20.7. The van der Waals surface area contributed by atoms with Crippen LogP contribution in [0.2, 0.25) is 5.02 Å². The van der Waals surface area contributed by atoms with Crippen molar-refractivity contribution in [3.63, 3.8) is 0 Å². The number of rotatable bonds is 9. The van der Waals surface area contributed by atoms with E-state index in [1.807, 2.05) is 6.92 Å². The van der Waals surface area contributed by atoms with Crippen LogP contribution in [-0.2, 0) is 16.4 Å². The molecule has 0 radical (unpaired) electrons. The topological polar surface area (TPSA) is 79.5 Å². The van der Waals surface area contributed by atoms with Gasteiger partial charge in [0.25, 0.3) is 0 Å². The number of hydrogen-bond acceptors (Lipinski definition) is 5. The highest BCUT2D eigenvalue weighted by atomic mass is 35.5. The van der Waals surface area contributed by atoms with Crippen molar-refractivity contribution in [2.24, 2.45) is 5.92 Å². The zero-order valence-electron chi connectivity index (χ0n) is 19.1. The number of ether oxygens (including phenoxy) is 2. The lowest BCUT2D eigenvalue weighted by Gasteiger charge is -2.25. The molecular formula is C24H29ClN2O5S. The molecule has 0 bridgehead atoms. The standard InChI is InChI=1S/C24H29ClN2O5S/c1-4-32-23-12-17(8-11-22(23)31-2)21(15-33(3,29)30)27-19-10-9-18(25)13-20(19)26(24(27)28)14-16-6-5-7-16/h8-13,16,21H,4-7,14-15H2,1-3H3/t21-/m1/s1. The van der Waals surface area contributed by atoms with E-state index in [0.29, 0.717) is 46.7 Å². The van der Waals surface area contributed by atoms with E-state index in [2.05, 4.69) is 0 Å². The Kier molecular flexibility index (Phi) is 6.77. The quantitative estimate of drug-likeness (QED) is 0.445. The first-order valence-corrected chi connectivity index (χ1v) is 13.5. The van der Waals surface area contributed by atoms with Gasteiger partial charge in [-0.1, -0.05) is 24.1 Å². The fourth-order valence-corrected chi connectivity index (χ4v) is 5.52. The summed E-state index contributed by atoms with van der Waals surface area (Å²) in [5.74, 6) is 1.27. The van der Waals surface area contributed by atoms with Gasteiger partial charge < -0.3 is 9.47 Å². The van der Waals surface area contributed by atoms with Gasteiger partial charge in [0.05, 0.1) is 36.5 Å². The minimum absolute atomic E-state index is 0.226. The normalized spacial score (nSPS) is 15.4. The number of sulfone groups is 1. The van der Waals surface area contributed by atoms with E-state index in [-0.39, 0.29) is 11.4 Å². The molecule has 4 rings (SSSR count). The van der Waals surface area contributed by atoms with E-state index in [0.717, 1.165) is 18.4 Å². The molecule has 0 saturated heterocycles. The Morgan fingerprint density at radius 3 is 2.48 bits per heavy atom. The summed E-state index contributed by atoms with van der Waals surface area (Å²) in [6.45, 7) is 2.89. The molecular weight excluding hydrogens is 464 g/mol. The molecule has 178 valence electrons. The van der Waals surface area contributed by atoms with Crippen LogP contribution in [0.15, 0.2) is 41.2 Å². The Morgan fingerprint density at radius 2 is 1.88 bits per heavy atom. The van der Waals surface area contributed by atoms with E-state index in [4.69, 9.17) is 21.1 Å². The van der Waals surface area contributed by atoms with E-state index in [1.165, 1.54) is 12.7 Å². The number of nitrogens with zero attached hydrogens (tertiary/aromatic N) is 2. The van der Waals surface area contributed by atoms with Crippen molar-refractivity contribution in [3.8, 4) is 11.5 Å². The molecule has 1 aromatic heterocycles. The molecule has 0 N–H and O–H groups in total. The molecule has 0 aliphatic heterocycles. The van der Waals surface area contributed by atoms with Crippen LogP contribution in [0.1, 0.15) is 37.8 Å². The Balaban J connectivity index is 1.93. The number of hydrogen-bond donors (Lipinski definition) is 0. The van der Waals surface area contributed by atoms with Gasteiger partial charge in [0.15, 0.2) is 11.5 Å². The zero-order chi connectivity index (χ0) is 23.8. The van der Waals surface area contributed by atoms with Crippen molar-refractivity contribution < 1.29 is 17.9 Å². The van der Waals surface area contributed by atoms with Gasteiger partial charge in [0.2, 0.25) is 0 Å². The van der Waals surface area contributed by atoms with E-state index in [9.17, 15) is 13.2 Å². The number of benzene rings is 2. The van der Waals surface area contributed by atoms with Crippen LogP contribution in [0.3, 0.4) is 0 Å². The molecule has 0 amide bonds. The summed E-state index contributed by atoms with van der Waals surface area (Å²) in [6, 6.07) is 9.85. The van der Waals surface area contributed by atoms with Crippen LogP contribution < -0.4 is 15.2 Å². The summed E-state index contributed by atoms with van der Waals surface area (Å²) in [7, 11) is -1.88. The van der Waals surface area contributed by atoms with Gasteiger partial charge in [-0.3, -0.25) is 9.13 Å². The number of aromatic nitrogens is 2. The largest absolute Gasteiger partial charge is 0.493 e.